The number of nitro groups is 1. The van der Waals surface area contributed by atoms with Crippen molar-refractivity contribution < 1.29 is 22.5 Å². The summed E-state index contributed by atoms with van der Waals surface area (Å²) in [6, 6.07) is 6.87. The van der Waals surface area contributed by atoms with Gasteiger partial charge in [-0.25, -0.2) is 9.37 Å². The lowest BCUT2D eigenvalue weighted by atomic mass is 10.0. The van der Waals surface area contributed by atoms with Gasteiger partial charge in [-0.3, -0.25) is 10.1 Å². The van der Waals surface area contributed by atoms with Crippen molar-refractivity contribution in [1.82, 2.24) is 9.55 Å². The van der Waals surface area contributed by atoms with Crippen molar-refractivity contribution in [3.8, 4) is 0 Å². The summed E-state index contributed by atoms with van der Waals surface area (Å²) in [7, 11) is 1.68. The molecule has 146 valence electrons. The van der Waals surface area contributed by atoms with Gasteiger partial charge in [0.05, 0.1) is 10.5 Å². The van der Waals surface area contributed by atoms with E-state index in [2.05, 4.69) is 10.3 Å². The summed E-state index contributed by atoms with van der Waals surface area (Å²) in [6.45, 7) is 0. The van der Waals surface area contributed by atoms with Gasteiger partial charge in [0.15, 0.2) is 0 Å². The second kappa shape index (κ2) is 7.29. The molecule has 1 N–H and O–H groups in total. The molecule has 10 heteroatoms. The first-order chi connectivity index (χ1) is 13.2. The van der Waals surface area contributed by atoms with Gasteiger partial charge in [-0.05, 0) is 29.8 Å². The molecule has 0 bridgehead atoms. The fraction of sp³-hybridized carbons (Fsp3) is 0.167. The van der Waals surface area contributed by atoms with E-state index >= 15 is 0 Å². The molecule has 3 rings (SSSR count). The van der Waals surface area contributed by atoms with Gasteiger partial charge >= 0.3 is 6.18 Å². The Balaban J connectivity index is 2.09. The molecule has 0 aliphatic heterocycles. The summed E-state index contributed by atoms with van der Waals surface area (Å²) in [5.74, 6) is -0.125. The van der Waals surface area contributed by atoms with Gasteiger partial charge in [0.2, 0.25) is 0 Å². The zero-order valence-electron chi connectivity index (χ0n) is 14.4. The molecule has 1 heterocycles. The molecular formula is C18H14F4N4O2. The first-order valence-corrected chi connectivity index (χ1v) is 8.01. The van der Waals surface area contributed by atoms with Crippen molar-refractivity contribution in [3.05, 3.63) is 87.7 Å². The van der Waals surface area contributed by atoms with Crippen molar-refractivity contribution in [2.45, 2.75) is 12.2 Å². The lowest BCUT2D eigenvalue weighted by molar-refractivity contribution is -0.384. The molecular weight excluding hydrogens is 380 g/mol. The zero-order valence-corrected chi connectivity index (χ0v) is 14.4. The molecule has 0 saturated carbocycles. The highest BCUT2D eigenvalue weighted by molar-refractivity contribution is 5.64. The number of aromatic nitrogens is 2. The third-order valence-electron chi connectivity index (χ3n) is 4.12. The fourth-order valence-electron chi connectivity index (χ4n) is 2.77. The third kappa shape index (κ3) is 3.95. The van der Waals surface area contributed by atoms with E-state index in [4.69, 9.17) is 0 Å². The quantitative estimate of drug-likeness (QED) is 0.387. The van der Waals surface area contributed by atoms with E-state index in [9.17, 15) is 27.7 Å². The first-order valence-electron chi connectivity index (χ1n) is 8.01. The maximum Gasteiger partial charge on any atom is 0.416 e. The Morgan fingerprint density at radius 2 is 1.96 bits per heavy atom. The molecule has 1 unspecified atom stereocenters. The van der Waals surface area contributed by atoms with Crippen LogP contribution in [0.1, 0.15) is 23.0 Å². The van der Waals surface area contributed by atoms with Crippen molar-refractivity contribution in [1.29, 1.82) is 0 Å². The summed E-state index contributed by atoms with van der Waals surface area (Å²) < 4.78 is 54.1. The van der Waals surface area contributed by atoms with E-state index in [1.165, 1.54) is 24.4 Å². The highest BCUT2D eigenvalue weighted by atomic mass is 19.4. The average molecular weight is 394 g/mol. The second-order valence-electron chi connectivity index (χ2n) is 6.02. The van der Waals surface area contributed by atoms with Crippen molar-refractivity contribution in [2.24, 2.45) is 7.05 Å². The number of benzene rings is 2. The van der Waals surface area contributed by atoms with E-state index < -0.39 is 34.2 Å². The summed E-state index contributed by atoms with van der Waals surface area (Å²) in [6.07, 6.45) is -1.60. The van der Waals surface area contributed by atoms with Crippen LogP contribution in [0.5, 0.6) is 0 Å². The van der Waals surface area contributed by atoms with Crippen LogP contribution in [0.4, 0.5) is 28.9 Å². The first kappa shape index (κ1) is 19.3. The normalized spacial score (nSPS) is 12.6. The maximum absolute atomic E-state index is 13.7. The summed E-state index contributed by atoms with van der Waals surface area (Å²) in [4.78, 5) is 14.6. The van der Waals surface area contributed by atoms with E-state index in [1.807, 2.05) is 0 Å². The number of anilines is 1. The molecule has 6 nitrogen and oxygen atoms in total. The van der Waals surface area contributed by atoms with Gasteiger partial charge in [-0.1, -0.05) is 12.1 Å². The SMILES string of the molecule is Cn1ccnc1C(Nc1ccc(C(F)(F)F)cc1[N+](=O)[O-])c1cccc(F)c1. The largest absolute Gasteiger partial charge is 0.416 e. The van der Waals surface area contributed by atoms with E-state index in [0.717, 1.165) is 12.1 Å². The molecule has 3 aromatic rings. The van der Waals surface area contributed by atoms with Crippen molar-refractivity contribution >= 4 is 11.4 Å². The minimum absolute atomic E-state index is 0.143. The highest BCUT2D eigenvalue weighted by Gasteiger charge is 2.33. The molecule has 28 heavy (non-hydrogen) atoms. The van der Waals surface area contributed by atoms with Gasteiger partial charge in [0, 0.05) is 25.5 Å². The number of rotatable bonds is 5. The Hall–Kier alpha value is -3.43. The minimum Gasteiger partial charge on any atom is -0.366 e. The number of nitrogens with zero attached hydrogens (tertiary/aromatic N) is 3. The van der Waals surface area contributed by atoms with Crippen LogP contribution in [0, 0.1) is 15.9 Å². The van der Waals surface area contributed by atoms with Crippen LogP contribution in [0.2, 0.25) is 0 Å². The lowest BCUT2D eigenvalue weighted by Crippen LogP contribution is -2.18. The molecule has 1 atom stereocenters. The number of hydrogen-bond acceptors (Lipinski definition) is 4. The Bertz CT molecular complexity index is 1020. The van der Waals surface area contributed by atoms with Crippen LogP contribution < -0.4 is 5.32 Å². The van der Waals surface area contributed by atoms with Crippen molar-refractivity contribution in [3.63, 3.8) is 0 Å². The molecule has 0 fully saturated rings. The van der Waals surface area contributed by atoms with E-state index in [0.29, 0.717) is 17.5 Å². The predicted molar refractivity (Wildman–Crippen MR) is 93.2 cm³/mol. The van der Waals surface area contributed by atoms with Gasteiger partial charge in [-0.15, -0.1) is 0 Å². The summed E-state index contributed by atoms with van der Waals surface area (Å²) in [5, 5.41) is 14.2. The number of imidazole rings is 1. The maximum atomic E-state index is 13.7. The number of nitro benzene ring substituents is 1. The Morgan fingerprint density at radius 3 is 2.54 bits per heavy atom. The molecule has 0 spiro atoms. The molecule has 0 amide bonds. The summed E-state index contributed by atoms with van der Waals surface area (Å²) in [5.41, 5.74) is -1.62. The number of nitrogens with one attached hydrogen (secondary N) is 1. The van der Waals surface area contributed by atoms with Gasteiger partial charge in [-0.2, -0.15) is 13.2 Å². The molecule has 1 aromatic heterocycles. The van der Waals surface area contributed by atoms with E-state index in [-0.39, 0.29) is 5.69 Å². The van der Waals surface area contributed by atoms with Crippen LogP contribution in [-0.4, -0.2) is 14.5 Å². The Labute approximate surface area is 156 Å². The highest BCUT2D eigenvalue weighted by Crippen LogP contribution is 2.37. The Kier molecular flexibility index (Phi) is 5.04. The molecule has 0 saturated heterocycles. The average Bonchev–Trinajstić information content (AvgIpc) is 3.04. The summed E-state index contributed by atoms with van der Waals surface area (Å²) >= 11 is 0. The minimum atomic E-state index is -4.72. The zero-order chi connectivity index (χ0) is 20.5. The van der Waals surface area contributed by atoms with Crippen LogP contribution >= 0.6 is 0 Å². The lowest BCUT2D eigenvalue weighted by Gasteiger charge is -2.21. The van der Waals surface area contributed by atoms with Crippen molar-refractivity contribution in [2.75, 3.05) is 5.32 Å². The Morgan fingerprint density at radius 1 is 1.21 bits per heavy atom. The van der Waals surface area contributed by atoms with Crippen LogP contribution in [0.15, 0.2) is 54.9 Å². The third-order valence-corrected chi connectivity index (χ3v) is 4.12. The van der Waals surface area contributed by atoms with Crippen LogP contribution in [0.25, 0.3) is 0 Å². The molecule has 0 radical (unpaired) electrons. The topological polar surface area (TPSA) is 73.0 Å². The van der Waals surface area contributed by atoms with Crippen LogP contribution in [0.3, 0.4) is 0 Å². The van der Waals surface area contributed by atoms with E-state index in [1.54, 1.807) is 23.9 Å². The number of halogens is 4. The molecule has 2 aromatic carbocycles. The van der Waals surface area contributed by atoms with Gasteiger partial charge in [0.25, 0.3) is 5.69 Å². The van der Waals surface area contributed by atoms with Gasteiger partial charge in [0.1, 0.15) is 23.4 Å². The monoisotopic (exact) mass is 394 g/mol. The molecule has 0 aliphatic rings. The second-order valence-corrected chi connectivity index (χ2v) is 6.02. The number of alkyl halides is 3. The fourth-order valence-corrected chi connectivity index (χ4v) is 2.77. The molecule has 0 aliphatic carbocycles. The standard InChI is InChI=1S/C18H14F4N4O2/c1-25-8-7-23-17(25)16(11-3-2-4-13(19)9-11)24-14-6-5-12(18(20,21)22)10-15(14)26(27)28/h2-10,16,24H,1H3. The predicted octanol–water partition coefficient (Wildman–Crippen LogP) is 4.69. The number of aryl methyl sites for hydroxylation is 1. The smallest absolute Gasteiger partial charge is 0.366 e. The van der Waals surface area contributed by atoms with Crippen LogP contribution in [-0.2, 0) is 13.2 Å². The van der Waals surface area contributed by atoms with Gasteiger partial charge < -0.3 is 9.88 Å². The number of hydrogen-bond donors (Lipinski definition) is 1.